The topological polar surface area (TPSA) is 61.4 Å². The zero-order valence-corrected chi connectivity index (χ0v) is 16.8. The summed E-state index contributed by atoms with van der Waals surface area (Å²) in [6, 6.07) is 1.64. The molecule has 0 bridgehead atoms. The number of alkyl halides is 3. The number of thiophene rings is 1. The quantitative estimate of drug-likeness (QED) is 0.813. The highest BCUT2D eigenvalue weighted by Crippen LogP contribution is 2.37. The minimum atomic E-state index is -4.17. The second-order valence-corrected chi connectivity index (χ2v) is 8.66. The first-order valence-electron chi connectivity index (χ1n) is 9.92. The van der Waals surface area contributed by atoms with Crippen molar-refractivity contribution in [3.05, 3.63) is 17.8 Å². The third kappa shape index (κ3) is 4.80. The number of amides is 1. The molecule has 4 rings (SSSR count). The van der Waals surface area contributed by atoms with Gasteiger partial charge in [-0.25, -0.2) is 9.97 Å². The van der Waals surface area contributed by atoms with Crippen LogP contribution < -0.4 is 10.2 Å². The molecule has 29 heavy (non-hydrogen) atoms. The van der Waals surface area contributed by atoms with Gasteiger partial charge >= 0.3 is 6.18 Å². The van der Waals surface area contributed by atoms with Crippen molar-refractivity contribution in [1.29, 1.82) is 0 Å². The number of hydrogen-bond acceptors (Lipinski definition) is 6. The molecule has 1 amide bonds. The number of nitrogens with zero attached hydrogens (tertiary/aromatic N) is 4. The first kappa shape index (κ1) is 20.3. The van der Waals surface area contributed by atoms with Crippen LogP contribution in [0, 0.1) is 5.92 Å². The van der Waals surface area contributed by atoms with E-state index in [1.807, 2.05) is 16.3 Å². The van der Waals surface area contributed by atoms with Crippen LogP contribution in [-0.2, 0) is 4.79 Å². The lowest BCUT2D eigenvalue weighted by atomic mass is 9.85. The van der Waals surface area contributed by atoms with Gasteiger partial charge in [0, 0.05) is 32.2 Å². The Bertz CT molecular complexity index is 850. The summed E-state index contributed by atoms with van der Waals surface area (Å²) < 4.78 is 38.8. The minimum Gasteiger partial charge on any atom is -0.353 e. The van der Waals surface area contributed by atoms with E-state index >= 15 is 0 Å². The largest absolute Gasteiger partial charge is 0.391 e. The first-order valence-corrected chi connectivity index (χ1v) is 10.8. The summed E-state index contributed by atoms with van der Waals surface area (Å²) in [6.45, 7) is 3.13. The number of aromatic nitrogens is 2. The number of carbonyl (C=O) groups is 1. The van der Waals surface area contributed by atoms with Gasteiger partial charge in [-0.15, -0.1) is 11.3 Å². The number of rotatable bonds is 4. The van der Waals surface area contributed by atoms with Crippen LogP contribution in [0.15, 0.2) is 17.8 Å². The van der Waals surface area contributed by atoms with E-state index in [2.05, 4.69) is 20.2 Å². The van der Waals surface area contributed by atoms with E-state index in [-0.39, 0.29) is 31.3 Å². The molecule has 1 aliphatic carbocycles. The molecule has 0 radical (unpaired) electrons. The summed E-state index contributed by atoms with van der Waals surface area (Å²) in [5.41, 5.74) is 0. The highest BCUT2D eigenvalue weighted by atomic mass is 32.1. The lowest BCUT2D eigenvalue weighted by Crippen LogP contribution is -2.51. The number of carbonyl (C=O) groups excluding carboxylic acids is 1. The van der Waals surface area contributed by atoms with Crippen molar-refractivity contribution in [3.8, 4) is 0 Å². The van der Waals surface area contributed by atoms with E-state index in [0.29, 0.717) is 25.9 Å². The first-order chi connectivity index (χ1) is 13.9. The normalized spacial score (nSPS) is 24.0. The molecule has 0 spiro atoms. The van der Waals surface area contributed by atoms with Crippen molar-refractivity contribution in [3.63, 3.8) is 0 Å². The molecule has 2 aliphatic rings. The summed E-state index contributed by atoms with van der Waals surface area (Å²) in [5.74, 6) is -0.568. The van der Waals surface area contributed by atoms with E-state index in [1.165, 1.54) is 0 Å². The van der Waals surface area contributed by atoms with Gasteiger partial charge in [-0.1, -0.05) is 6.42 Å². The fourth-order valence-electron chi connectivity index (χ4n) is 4.24. The Hall–Kier alpha value is -1.94. The summed E-state index contributed by atoms with van der Waals surface area (Å²) >= 11 is 1.58. The summed E-state index contributed by atoms with van der Waals surface area (Å²) in [4.78, 5) is 26.3. The van der Waals surface area contributed by atoms with E-state index in [4.69, 9.17) is 0 Å². The molecule has 6 nitrogen and oxygen atoms in total. The molecule has 158 valence electrons. The van der Waals surface area contributed by atoms with Gasteiger partial charge in [0.25, 0.3) is 0 Å². The van der Waals surface area contributed by atoms with Gasteiger partial charge in [0.1, 0.15) is 17.0 Å². The standard InChI is InChI=1S/C19H24F3N5OS/c20-19(21,22)13-2-1-3-14(10-13)25-16(28)11-26-5-7-27(8-6-26)17-15-4-9-29-18(15)24-12-23-17/h4,9,12-14H,1-3,5-8,10-11H2,(H,25,28). The van der Waals surface area contributed by atoms with Gasteiger partial charge in [-0.05, 0) is 30.7 Å². The average Bonchev–Trinajstić information content (AvgIpc) is 3.17. The van der Waals surface area contributed by atoms with Crippen molar-refractivity contribution in [1.82, 2.24) is 20.2 Å². The molecule has 0 aromatic carbocycles. The van der Waals surface area contributed by atoms with Gasteiger partial charge in [-0.2, -0.15) is 13.2 Å². The van der Waals surface area contributed by atoms with Gasteiger partial charge in [0.05, 0.1) is 17.8 Å². The predicted octanol–water partition coefficient (Wildman–Crippen LogP) is 3.05. The van der Waals surface area contributed by atoms with Crippen LogP contribution in [-0.4, -0.2) is 65.7 Å². The molecule has 2 aromatic heterocycles. The number of halogens is 3. The van der Waals surface area contributed by atoms with Crippen LogP contribution in [0.1, 0.15) is 25.7 Å². The smallest absolute Gasteiger partial charge is 0.353 e. The number of piperazine rings is 1. The predicted molar refractivity (Wildman–Crippen MR) is 106 cm³/mol. The monoisotopic (exact) mass is 427 g/mol. The summed E-state index contributed by atoms with van der Waals surface area (Å²) in [5, 5.41) is 5.86. The highest BCUT2D eigenvalue weighted by Gasteiger charge is 2.42. The van der Waals surface area contributed by atoms with E-state index in [0.717, 1.165) is 29.1 Å². The van der Waals surface area contributed by atoms with Crippen molar-refractivity contribution in [2.24, 2.45) is 5.92 Å². The third-order valence-corrected chi connectivity index (χ3v) is 6.60. The summed E-state index contributed by atoms with van der Waals surface area (Å²) in [7, 11) is 0. The van der Waals surface area contributed by atoms with Crippen molar-refractivity contribution in [2.75, 3.05) is 37.6 Å². The van der Waals surface area contributed by atoms with E-state index in [1.54, 1.807) is 17.7 Å². The molecule has 1 saturated carbocycles. The Morgan fingerprint density at radius 1 is 1.21 bits per heavy atom. The fourth-order valence-corrected chi connectivity index (χ4v) is 4.97. The average molecular weight is 427 g/mol. The maximum Gasteiger partial charge on any atom is 0.391 e. The van der Waals surface area contributed by atoms with Gasteiger partial charge in [-0.3, -0.25) is 9.69 Å². The SMILES string of the molecule is O=C(CN1CCN(c2ncnc3sccc23)CC1)NC1CCCC(C(F)(F)F)C1. The Morgan fingerprint density at radius 2 is 2.00 bits per heavy atom. The second kappa shape index (κ2) is 8.43. The lowest BCUT2D eigenvalue weighted by Gasteiger charge is -2.36. The van der Waals surface area contributed by atoms with Gasteiger partial charge < -0.3 is 10.2 Å². The molecule has 2 unspecified atom stereocenters. The Morgan fingerprint density at radius 3 is 2.76 bits per heavy atom. The molecule has 1 saturated heterocycles. The van der Waals surface area contributed by atoms with E-state index in [9.17, 15) is 18.0 Å². The van der Waals surface area contributed by atoms with Crippen LogP contribution in [0.3, 0.4) is 0 Å². The van der Waals surface area contributed by atoms with Crippen LogP contribution >= 0.6 is 11.3 Å². The Balaban J connectivity index is 1.26. The second-order valence-electron chi connectivity index (χ2n) is 7.77. The molecule has 2 atom stereocenters. The molecule has 3 heterocycles. The molecule has 10 heteroatoms. The van der Waals surface area contributed by atoms with E-state index < -0.39 is 12.1 Å². The maximum absolute atomic E-state index is 12.9. The number of fused-ring (bicyclic) bond motifs is 1. The maximum atomic E-state index is 12.9. The number of nitrogens with one attached hydrogen (secondary N) is 1. The van der Waals surface area contributed by atoms with Crippen LogP contribution in [0.5, 0.6) is 0 Å². The molecular formula is C19H24F3N5OS. The third-order valence-electron chi connectivity index (χ3n) is 5.78. The molecule has 2 fully saturated rings. The number of anilines is 1. The van der Waals surface area contributed by atoms with Crippen LogP contribution in [0.2, 0.25) is 0 Å². The Labute approximate surface area is 171 Å². The highest BCUT2D eigenvalue weighted by molar-refractivity contribution is 7.16. The minimum absolute atomic E-state index is 0.00658. The van der Waals surface area contributed by atoms with Gasteiger partial charge in [0.15, 0.2) is 0 Å². The van der Waals surface area contributed by atoms with Crippen LogP contribution in [0.4, 0.5) is 19.0 Å². The lowest BCUT2D eigenvalue weighted by molar-refractivity contribution is -0.184. The van der Waals surface area contributed by atoms with Crippen molar-refractivity contribution in [2.45, 2.75) is 37.9 Å². The zero-order valence-electron chi connectivity index (χ0n) is 16.0. The Kier molecular flexibility index (Phi) is 5.91. The molecule has 1 N–H and O–H groups in total. The number of hydrogen-bond donors (Lipinski definition) is 1. The molecular weight excluding hydrogens is 403 g/mol. The molecule has 2 aromatic rings. The van der Waals surface area contributed by atoms with Crippen LogP contribution in [0.25, 0.3) is 10.2 Å². The van der Waals surface area contributed by atoms with Gasteiger partial charge in [0.2, 0.25) is 5.91 Å². The molecule has 1 aliphatic heterocycles. The van der Waals surface area contributed by atoms with Crippen molar-refractivity contribution >= 4 is 33.3 Å². The zero-order chi connectivity index (χ0) is 20.4. The fraction of sp³-hybridized carbons (Fsp3) is 0.632. The summed E-state index contributed by atoms with van der Waals surface area (Å²) in [6.07, 6.45) is -1.31. The van der Waals surface area contributed by atoms with Crippen molar-refractivity contribution < 1.29 is 18.0 Å².